The van der Waals surface area contributed by atoms with Crippen LogP contribution in [0.25, 0.3) is 22.6 Å². The standard InChI is InChI=1S/C23H26N2O/c1-17-9-8-15-25(17)16-14-22-18(2)26-23(24-22)21-13-7-6-12-20(21)19-10-4-3-5-11-19/h3-7,10-13,17H,8-9,14-16H2,1-2H3/t17-/m1/s1. The van der Waals surface area contributed by atoms with Gasteiger partial charge in [0.15, 0.2) is 0 Å². The van der Waals surface area contributed by atoms with Crippen molar-refractivity contribution in [2.45, 2.75) is 39.2 Å². The van der Waals surface area contributed by atoms with Gasteiger partial charge in [-0.25, -0.2) is 4.98 Å². The second-order valence-corrected chi connectivity index (χ2v) is 7.21. The van der Waals surface area contributed by atoms with E-state index in [1.165, 1.54) is 24.9 Å². The summed E-state index contributed by atoms with van der Waals surface area (Å²) in [4.78, 5) is 7.42. The van der Waals surface area contributed by atoms with Gasteiger partial charge in [0.1, 0.15) is 5.76 Å². The van der Waals surface area contributed by atoms with Crippen molar-refractivity contribution in [2.75, 3.05) is 13.1 Å². The molecule has 3 aromatic rings. The summed E-state index contributed by atoms with van der Waals surface area (Å²) in [6.07, 6.45) is 3.58. The third-order valence-electron chi connectivity index (χ3n) is 5.46. The number of benzene rings is 2. The van der Waals surface area contributed by atoms with Crippen molar-refractivity contribution in [3.05, 3.63) is 66.1 Å². The zero-order chi connectivity index (χ0) is 17.9. The van der Waals surface area contributed by atoms with E-state index >= 15 is 0 Å². The van der Waals surface area contributed by atoms with Gasteiger partial charge in [0, 0.05) is 24.6 Å². The first kappa shape index (κ1) is 17.0. The van der Waals surface area contributed by atoms with Crippen LogP contribution in [-0.4, -0.2) is 29.0 Å². The molecule has 0 saturated carbocycles. The maximum Gasteiger partial charge on any atom is 0.227 e. The number of hydrogen-bond acceptors (Lipinski definition) is 3. The molecule has 0 unspecified atom stereocenters. The lowest BCUT2D eigenvalue weighted by Crippen LogP contribution is -2.29. The lowest BCUT2D eigenvalue weighted by molar-refractivity contribution is 0.271. The van der Waals surface area contributed by atoms with Gasteiger partial charge in [0.2, 0.25) is 5.89 Å². The lowest BCUT2D eigenvalue weighted by Gasteiger charge is -2.20. The number of nitrogens with zero attached hydrogens (tertiary/aromatic N) is 2. The van der Waals surface area contributed by atoms with Crippen LogP contribution in [0.5, 0.6) is 0 Å². The molecular formula is C23H26N2O. The average molecular weight is 346 g/mol. The van der Waals surface area contributed by atoms with E-state index in [2.05, 4.69) is 54.3 Å². The first-order chi connectivity index (χ1) is 12.7. The van der Waals surface area contributed by atoms with Crippen LogP contribution in [0.15, 0.2) is 59.0 Å². The molecule has 26 heavy (non-hydrogen) atoms. The molecule has 134 valence electrons. The Balaban J connectivity index is 1.60. The SMILES string of the molecule is Cc1oc(-c2ccccc2-c2ccccc2)nc1CCN1CCC[C@H]1C. The van der Waals surface area contributed by atoms with Gasteiger partial charge in [0.25, 0.3) is 0 Å². The highest BCUT2D eigenvalue weighted by molar-refractivity contribution is 5.79. The minimum Gasteiger partial charge on any atom is -0.441 e. The Morgan fingerprint density at radius 1 is 1.04 bits per heavy atom. The van der Waals surface area contributed by atoms with Gasteiger partial charge in [-0.1, -0.05) is 48.5 Å². The van der Waals surface area contributed by atoms with Crippen LogP contribution in [0.2, 0.25) is 0 Å². The molecule has 0 amide bonds. The molecule has 0 bridgehead atoms. The smallest absolute Gasteiger partial charge is 0.227 e. The van der Waals surface area contributed by atoms with Crippen LogP contribution in [-0.2, 0) is 6.42 Å². The molecule has 1 aliphatic heterocycles. The van der Waals surface area contributed by atoms with Crippen LogP contribution in [0.4, 0.5) is 0 Å². The summed E-state index contributed by atoms with van der Waals surface area (Å²) >= 11 is 0. The van der Waals surface area contributed by atoms with Gasteiger partial charge in [0.05, 0.1) is 5.69 Å². The van der Waals surface area contributed by atoms with Crippen molar-refractivity contribution in [3.63, 3.8) is 0 Å². The normalized spacial score (nSPS) is 17.7. The molecular weight excluding hydrogens is 320 g/mol. The quantitative estimate of drug-likeness (QED) is 0.624. The zero-order valence-corrected chi connectivity index (χ0v) is 15.6. The molecule has 1 fully saturated rings. The van der Waals surface area contributed by atoms with E-state index in [0.717, 1.165) is 41.4 Å². The predicted octanol–water partition coefficient (Wildman–Crippen LogP) is 5.34. The number of aromatic nitrogens is 1. The summed E-state index contributed by atoms with van der Waals surface area (Å²) in [6, 6.07) is 19.5. The molecule has 1 aromatic heterocycles. The van der Waals surface area contributed by atoms with E-state index in [0.29, 0.717) is 6.04 Å². The van der Waals surface area contributed by atoms with Gasteiger partial charge in [-0.15, -0.1) is 0 Å². The molecule has 3 heteroatoms. The van der Waals surface area contributed by atoms with Crippen molar-refractivity contribution in [3.8, 4) is 22.6 Å². The molecule has 0 radical (unpaired) electrons. The van der Waals surface area contributed by atoms with Gasteiger partial charge in [-0.3, -0.25) is 0 Å². The van der Waals surface area contributed by atoms with Crippen molar-refractivity contribution < 1.29 is 4.42 Å². The summed E-state index contributed by atoms with van der Waals surface area (Å²) < 4.78 is 6.08. The van der Waals surface area contributed by atoms with Crippen LogP contribution < -0.4 is 0 Å². The highest BCUT2D eigenvalue weighted by Crippen LogP contribution is 2.32. The summed E-state index contributed by atoms with van der Waals surface area (Å²) in [7, 11) is 0. The van der Waals surface area contributed by atoms with Crippen LogP contribution >= 0.6 is 0 Å². The van der Waals surface area contributed by atoms with Crippen LogP contribution in [0.3, 0.4) is 0 Å². The number of aryl methyl sites for hydroxylation is 1. The molecule has 2 heterocycles. The van der Waals surface area contributed by atoms with Crippen LogP contribution in [0, 0.1) is 6.92 Å². The third-order valence-corrected chi connectivity index (χ3v) is 5.46. The fraction of sp³-hybridized carbons (Fsp3) is 0.348. The number of oxazole rings is 1. The third kappa shape index (κ3) is 3.45. The molecule has 0 spiro atoms. The van der Waals surface area contributed by atoms with Gasteiger partial charge in [-0.05, 0) is 50.4 Å². The molecule has 1 saturated heterocycles. The minimum atomic E-state index is 0.695. The van der Waals surface area contributed by atoms with Gasteiger partial charge < -0.3 is 9.32 Å². The molecule has 2 aromatic carbocycles. The topological polar surface area (TPSA) is 29.3 Å². The molecule has 0 N–H and O–H groups in total. The fourth-order valence-corrected chi connectivity index (χ4v) is 3.89. The monoisotopic (exact) mass is 346 g/mol. The average Bonchev–Trinajstić information content (AvgIpc) is 3.26. The predicted molar refractivity (Wildman–Crippen MR) is 106 cm³/mol. The maximum absolute atomic E-state index is 6.08. The molecule has 1 aliphatic rings. The fourth-order valence-electron chi connectivity index (χ4n) is 3.89. The van der Waals surface area contributed by atoms with Crippen LogP contribution in [0.1, 0.15) is 31.2 Å². The minimum absolute atomic E-state index is 0.695. The second-order valence-electron chi connectivity index (χ2n) is 7.21. The highest BCUT2D eigenvalue weighted by Gasteiger charge is 2.21. The van der Waals surface area contributed by atoms with Crippen molar-refractivity contribution in [2.24, 2.45) is 0 Å². The molecule has 1 atom stereocenters. The Bertz CT molecular complexity index is 869. The summed E-state index contributed by atoms with van der Waals surface area (Å²) in [5.41, 5.74) is 4.49. The maximum atomic E-state index is 6.08. The van der Waals surface area contributed by atoms with E-state index in [9.17, 15) is 0 Å². The van der Waals surface area contributed by atoms with Crippen molar-refractivity contribution >= 4 is 0 Å². The molecule has 0 aliphatic carbocycles. The lowest BCUT2D eigenvalue weighted by atomic mass is 10.00. The Labute approximate surface area is 155 Å². The zero-order valence-electron chi connectivity index (χ0n) is 15.6. The largest absolute Gasteiger partial charge is 0.441 e. The number of hydrogen-bond donors (Lipinski definition) is 0. The van der Waals surface area contributed by atoms with E-state index < -0.39 is 0 Å². The van der Waals surface area contributed by atoms with E-state index in [4.69, 9.17) is 9.40 Å². The number of rotatable bonds is 5. The Kier molecular flexibility index (Phi) is 4.89. The van der Waals surface area contributed by atoms with Gasteiger partial charge >= 0.3 is 0 Å². The summed E-state index contributed by atoms with van der Waals surface area (Å²) in [6.45, 7) is 6.63. The summed E-state index contributed by atoms with van der Waals surface area (Å²) in [5, 5.41) is 0. The van der Waals surface area contributed by atoms with E-state index in [1.54, 1.807) is 0 Å². The Morgan fingerprint density at radius 3 is 2.50 bits per heavy atom. The molecule has 4 rings (SSSR count). The van der Waals surface area contributed by atoms with Gasteiger partial charge in [-0.2, -0.15) is 0 Å². The first-order valence-electron chi connectivity index (χ1n) is 9.57. The van der Waals surface area contributed by atoms with E-state index in [1.807, 2.05) is 19.1 Å². The van der Waals surface area contributed by atoms with E-state index in [-0.39, 0.29) is 0 Å². The Hall–Kier alpha value is -2.39. The second kappa shape index (κ2) is 7.46. The first-order valence-corrected chi connectivity index (χ1v) is 9.57. The summed E-state index contributed by atoms with van der Waals surface area (Å²) in [5.74, 6) is 1.67. The van der Waals surface area contributed by atoms with Crippen molar-refractivity contribution in [1.82, 2.24) is 9.88 Å². The highest BCUT2D eigenvalue weighted by atomic mass is 16.4. The van der Waals surface area contributed by atoms with Crippen molar-refractivity contribution in [1.29, 1.82) is 0 Å². The Morgan fingerprint density at radius 2 is 1.77 bits per heavy atom. The molecule has 3 nitrogen and oxygen atoms in total. The number of likely N-dealkylation sites (tertiary alicyclic amines) is 1.